The van der Waals surface area contributed by atoms with Gasteiger partial charge in [0.05, 0.1) is 12.6 Å². The van der Waals surface area contributed by atoms with Crippen LogP contribution in [0.5, 0.6) is 6.01 Å². The van der Waals surface area contributed by atoms with E-state index in [2.05, 4.69) is 15.2 Å². The summed E-state index contributed by atoms with van der Waals surface area (Å²) in [6.07, 6.45) is 1.59. The zero-order valence-electron chi connectivity index (χ0n) is 8.08. The molecular formula is C10H8N4O. The summed E-state index contributed by atoms with van der Waals surface area (Å²) in [5.41, 5.74) is 1.62. The second kappa shape index (κ2) is 2.91. The molecule has 0 radical (unpaired) electrons. The monoisotopic (exact) mass is 200 g/mol. The highest BCUT2D eigenvalue weighted by atomic mass is 16.5. The van der Waals surface area contributed by atoms with Gasteiger partial charge in [0, 0.05) is 5.39 Å². The molecule has 0 aliphatic heterocycles. The Morgan fingerprint density at radius 2 is 2.13 bits per heavy atom. The molecule has 2 aromatic heterocycles. The fraction of sp³-hybridized carbons (Fsp3) is 0.100. The van der Waals surface area contributed by atoms with Crippen LogP contribution in [0.2, 0.25) is 0 Å². The van der Waals surface area contributed by atoms with Crippen LogP contribution in [-0.2, 0) is 0 Å². The van der Waals surface area contributed by atoms with Crippen molar-refractivity contribution in [3.05, 3.63) is 30.6 Å². The largest absolute Gasteiger partial charge is 0.468 e. The topological polar surface area (TPSA) is 52.3 Å². The number of hydrogen-bond donors (Lipinski definition) is 0. The highest BCUT2D eigenvalue weighted by Gasteiger charge is 2.08. The van der Waals surface area contributed by atoms with Crippen molar-refractivity contribution in [2.75, 3.05) is 7.11 Å². The van der Waals surface area contributed by atoms with Gasteiger partial charge in [0.2, 0.25) is 0 Å². The van der Waals surface area contributed by atoms with Crippen molar-refractivity contribution in [2.24, 2.45) is 0 Å². The number of para-hydroxylation sites is 1. The van der Waals surface area contributed by atoms with E-state index >= 15 is 0 Å². The summed E-state index contributed by atoms with van der Waals surface area (Å²) < 4.78 is 6.89. The third-order valence-electron chi connectivity index (χ3n) is 2.30. The molecule has 0 amide bonds. The van der Waals surface area contributed by atoms with E-state index in [1.807, 2.05) is 24.3 Å². The van der Waals surface area contributed by atoms with Crippen LogP contribution < -0.4 is 4.74 Å². The minimum atomic E-state index is 0.494. The van der Waals surface area contributed by atoms with E-state index in [9.17, 15) is 0 Å². The zero-order valence-corrected chi connectivity index (χ0v) is 8.08. The van der Waals surface area contributed by atoms with Gasteiger partial charge in [-0.1, -0.05) is 12.1 Å². The lowest BCUT2D eigenvalue weighted by atomic mass is 10.2. The van der Waals surface area contributed by atoms with Crippen LogP contribution in [-0.4, -0.2) is 26.7 Å². The number of rotatable bonds is 1. The summed E-state index contributed by atoms with van der Waals surface area (Å²) in [5, 5.41) is 8.87. The fourth-order valence-corrected chi connectivity index (χ4v) is 1.62. The van der Waals surface area contributed by atoms with E-state index in [0.29, 0.717) is 6.01 Å². The molecule has 0 aliphatic rings. The molecule has 0 N–H and O–H groups in total. The van der Waals surface area contributed by atoms with Crippen molar-refractivity contribution >= 4 is 16.6 Å². The van der Waals surface area contributed by atoms with E-state index in [1.165, 1.54) is 0 Å². The molecule has 1 aromatic carbocycles. The molecule has 74 valence electrons. The maximum Gasteiger partial charge on any atom is 0.303 e. The average molecular weight is 200 g/mol. The lowest BCUT2D eigenvalue weighted by Crippen LogP contribution is -1.97. The number of ether oxygens (including phenoxy) is 1. The first kappa shape index (κ1) is 8.16. The van der Waals surface area contributed by atoms with E-state index in [-0.39, 0.29) is 0 Å². The van der Waals surface area contributed by atoms with E-state index in [0.717, 1.165) is 16.6 Å². The molecule has 0 atom stereocenters. The normalized spacial score (nSPS) is 11.0. The van der Waals surface area contributed by atoms with Crippen LogP contribution in [0.15, 0.2) is 30.6 Å². The quantitative estimate of drug-likeness (QED) is 0.593. The minimum absolute atomic E-state index is 0.494. The van der Waals surface area contributed by atoms with Gasteiger partial charge in [0.15, 0.2) is 5.65 Å². The Labute approximate surface area is 85.3 Å². The highest BCUT2D eigenvalue weighted by Crippen LogP contribution is 2.20. The number of fused-ring (bicyclic) bond motifs is 3. The Morgan fingerprint density at radius 3 is 3.00 bits per heavy atom. The second-order valence-electron chi connectivity index (χ2n) is 3.14. The molecule has 2 heterocycles. The third kappa shape index (κ3) is 1.06. The Bertz CT molecular complexity index is 631. The highest BCUT2D eigenvalue weighted by molar-refractivity contribution is 5.91. The molecular weight excluding hydrogens is 192 g/mol. The number of benzene rings is 1. The van der Waals surface area contributed by atoms with E-state index in [1.54, 1.807) is 17.8 Å². The molecule has 0 saturated heterocycles. The minimum Gasteiger partial charge on any atom is -0.468 e. The smallest absolute Gasteiger partial charge is 0.303 e. The van der Waals surface area contributed by atoms with Crippen LogP contribution in [0, 0.1) is 0 Å². The van der Waals surface area contributed by atoms with E-state index < -0.39 is 0 Å². The number of aromatic nitrogens is 4. The maximum absolute atomic E-state index is 5.17. The summed E-state index contributed by atoms with van der Waals surface area (Å²) in [6, 6.07) is 8.26. The molecule has 0 spiro atoms. The van der Waals surface area contributed by atoms with Crippen LogP contribution in [0.1, 0.15) is 0 Å². The van der Waals surface area contributed by atoms with Gasteiger partial charge in [-0.15, -0.1) is 10.2 Å². The molecule has 5 nitrogen and oxygen atoms in total. The molecule has 0 unspecified atom stereocenters. The molecule has 0 fully saturated rings. The predicted molar refractivity (Wildman–Crippen MR) is 54.8 cm³/mol. The van der Waals surface area contributed by atoms with Crippen molar-refractivity contribution in [1.82, 2.24) is 19.6 Å². The van der Waals surface area contributed by atoms with Crippen LogP contribution in [0.3, 0.4) is 0 Å². The van der Waals surface area contributed by atoms with Crippen LogP contribution >= 0.6 is 0 Å². The van der Waals surface area contributed by atoms with Gasteiger partial charge >= 0.3 is 6.01 Å². The predicted octanol–water partition coefficient (Wildman–Crippen LogP) is 1.29. The SMILES string of the molecule is COc1nc2ccccc2c2nncn12. The summed E-state index contributed by atoms with van der Waals surface area (Å²) >= 11 is 0. The van der Waals surface area contributed by atoms with Crippen molar-refractivity contribution in [2.45, 2.75) is 0 Å². The summed E-state index contributed by atoms with van der Waals surface area (Å²) in [4.78, 5) is 4.35. The summed E-state index contributed by atoms with van der Waals surface area (Å²) in [6.45, 7) is 0. The van der Waals surface area contributed by atoms with Gasteiger partial charge in [-0.3, -0.25) is 0 Å². The fourth-order valence-electron chi connectivity index (χ4n) is 1.62. The Kier molecular flexibility index (Phi) is 1.58. The lowest BCUT2D eigenvalue weighted by molar-refractivity contribution is 0.376. The molecule has 3 aromatic rings. The van der Waals surface area contributed by atoms with Gasteiger partial charge < -0.3 is 4.74 Å². The van der Waals surface area contributed by atoms with Gasteiger partial charge in [-0.05, 0) is 12.1 Å². The first-order valence-corrected chi connectivity index (χ1v) is 4.52. The van der Waals surface area contributed by atoms with Gasteiger partial charge in [-0.25, -0.2) is 4.40 Å². The Hall–Kier alpha value is -2.17. The van der Waals surface area contributed by atoms with Gasteiger partial charge in [0.25, 0.3) is 0 Å². The first-order chi connectivity index (χ1) is 7.40. The number of nitrogens with zero attached hydrogens (tertiary/aromatic N) is 4. The Balaban J connectivity index is 2.57. The molecule has 0 saturated carbocycles. The van der Waals surface area contributed by atoms with Crippen molar-refractivity contribution < 1.29 is 4.74 Å². The molecule has 3 rings (SSSR count). The van der Waals surface area contributed by atoms with Crippen molar-refractivity contribution in [3.8, 4) is 6.01 Å². The van der Waals surface area contributed by atoms with Crippen molar-refractivity contribution in [3.63, 3.8) is 0 Å². The van der Waals surface area contributed by atoms with Crippen molar-refractivity contribution in [1.29, 1.82) is 0 Å². The third-order valence-corrected chi connectivity index (χ3v) is 2.30. The van der Waals surface area contributed by atoms with Crippen LogP contribution in [0.4, 0.5) is 0 Å². The number of hydrogen-bond acceptors (Lipinski definition) is 4. The molecule has 0 aliphatic carbocycles. The molecule has 5 heteroatoms. The molecule has 0 bridgehead atoms. The summed E-state index contributed by atoms with van der Waals surface area (Å²) in [7, 11) is 1.58. The Morgan fingerprint density at radius 1 is 1.27 bits per heavy atom. The number of methoxy groups -OCH3 is 1. The van der Waals surface area contributed by atoms with E-state index in [4.69, 9.17) is 4.74 Å². The zero-order chi connectivity index (χ0) is 10.3. The maximum atomic E-state index is 5.17. The van der Waals surface area contributed by atoms with Gasteiger partial charge in [-0.2, -0.15) is 4.98 Å². The average Bonchev–Trinajstić information content (AvgIpc) is 2.77. The first-order valence-electron chi connectivity index (χ1n) is 4.52. The molecule has 15 heavy (non-hydrogen) atoms. The standard InChI is InChI=1S/C10H8N4O/c1-15-10-12-8-5-3-2-4-7(8)9-13-11-6-14(9)10/h2-6H,1H3. The second-order valence-corrected chi connectivity index (χ2v) is 3.14. The summed E-state index contributed by atoms with van der Waals surface area (Å²) in [5.74, 6) is 0. The van der Waals surface area contributed by atoms with Crippen LogP contribution in [0.25, 0.3) is 16.6 Å². The lowest BCUT2D eigenvalue weighted by Gasteiger charge is -2.04. The van der Waals surface area contributed by atoms with Gasteiger partial charge in [0.1, 0.15) is 6.33 Å².